The number of amides is 1. The number of aromatic nitrogens is 5. The summed E-state index contributed by atoms with van der Waals surface area (Å²) < 4.78 is 5.68. The number of hydrogen-bond donors (Lipinski definition) is 2. The highest BCUT2D eigenvalue weighted by molar-refractivity contribution is 5.99. The smallest absolute Gasteiger partial charge is 0.228 e. The molecule has 33 heavy (non-hydrogen) atoms. The Morgan fingerprint density at radius 3 is 2.76 bits per heavy atom. The molecule has 1 saturated carbocycles. The summed E-state index contributed by atoms with van der Waals surface area (Å²) in [6, 6.07) is 8.31. The zero-order chi connectivity index (χ0) is 22.5. The van der Waals surface area contributed by atoms with Crippen molar-refractivity contribution in [3.63, 3.8) is 0 Å². The molecule has 1 saturated heterocycles. The van der Waals surface area contributed by atoms with Gasteiger partial charge in [0.15, 0.2) is 0 Å². The molecular formula is C24H25N7O2. The molecule has 4 aromatic rings. The van der Waals surface area contributed by atoms with Crippen LogP contribution in [0, 0.1) is 11.8 Å². The van der Waals surface area contributed by atoms with Crippen LogP contribution >= 0.6 is 0 Å². The maximum absolute atomic E-state index is 11.7. The lowest BCUT2D eigenvalue weighted by atomic mass is 10.0. The first kappa shape index (κ1) is 19.9. The molecule has 3 aromatic heterocycles. The quantitative estimate of drug-likeness (QED) is 0.498. The minimum Gasteiger partial charge on any atom is -0.480 e. The van der Waals surface area contributed by atoms with Crippen LogP contribution < -0.4 is 10.1 Å². The van der Waals surface area contributed by atoms with E-state index in [1.807, 2.05) is 29.3 Å². The number of likely N-dealkylation sites (tertiary alicyclic amines) is 1. The van der Waals surface area contributed by atoms with Crippen LogP contribution in [0.15, 0.2) is 36.7 Å². The number of H-pyrrole nitrogens is 1. The lowest BCUT2D eigenvalue weighted by Crippen LogP contribution is -2.29. The molecule has 0 radical (unpaired) electrons. The van der Waals surface area contributed by atoms with Gasteiger partial charge in [-0.1, -0.05) is 6.07 Å². The van der Waals surface area contributed by atoms with Gasteiger partial charge >= 0.3 is 0 Å². The van der Waals surface area contributed by atoms with Crippen molar-refractivity contribution < 1.29 is 9.53 Å². The Kier molecular flexibility index (Phi) is 4.63. The van der Waals surface area contributed by atoms with Gasteiger partial charge in [0.1, 0.15) is 5.65 Å². The fourth-order valence-electron chi connectivity index (χ4n) is 5.45. The summed E-state index contributed by atoms with van der Waals surface area (Å²) in [6.07, 6.45) is 5.68. The fourth-order valence-corrected chi connectivity index (χ4v) is 5.45. The first-order valence-corrected chi connectivity index (χ1v) is 11.3. The molecule has 3 atom stereocenters. The Bertz CT molecular complexity index is 1350. The molecule has 9 heteroatoms. The number of aromatic amines is 1. The number of nitrogens with zero attached hydrogens (tertiary/aromatic N) is 5. The average molecular weight is 444 g/mol. The van der Waals surface area contributed by atoms with E-state index in [0.717, 1.165) is 59.0 Å². The number of carbonyl (C=O) groups is 1. The zero-order valence-electron chi connectivity index (χ0n) is 18.6. The molecule has 0 spiro atoms. The average Bonchev–Trinajstić information content (AvgIpc) is 3.51. The van der Waals surface area contributed by atoms with Crippen LogP contribution in [0.4, 0.5) is 5.95 Å². The highest BCUT2D eigenvalue weighted by atomic mass is 16.5. The van der Waals surface area contributed by atoms with Gasteiger partial charge in [0.2, 0.25) is 17.7 Å². The van der Waals surface area contributed by atoms with E-state index in [4.69, 9.17) is 9.72 Å². The molecule has 1 amide bonds. The van der Waals surface area contributed by atoms with Crippen LogP contribution in [-0.4, -0.2) is 62.2 Å². The normalized spacial score (nSPS) is 22.1. The molecule has 2 aliphatic rings. The molecule has 1 aromatic carbocycles. The van der Waals surface area contributed by atoms with Gasteiger partial charge in [0.05, 0.1) is 24.2 Å². The van der Waals surface area contributed by atoms with Crippen LogP contribution in [0.1, 0.15) is 19.8 Å². The number of fused-ring (bicyclic) bond motifs is 3. The summed E-state index contributed by atoms with van der Waals surface area (Å²) in [5.74, 6) is 2.37. The van der Waals surface area contributed by atoms with E-state index in [-0.39, 0.29) is 5.91 Å². The summed E-state index contributed by atoms with van der Waals surface area (Å²) in [4.78, 5) is 26.4. The molecule has 2 fully saturated rings. The van der Waals surface area contributed by atoms with Crippen LogP contribution in [0.5, 0.6) is 5.88 Å². The number of nitrogens with one attached hydrogen (secondary N) is 2. The number of benzene rings is 1. The number of rotatable bonds is 4. The predicted molar refractivity (Wildman–Crippen MR) is 125 cm³/mol. The van der Waals surface area contributed by atoms with Crippen molar-refractivity contribution in [2.45, 2.75) is 25.8 Å². The second kappa shape index (κ2) is 7.68. The molecule has 6 rings (SSSR count). The number of hydrogen-bond acceptors (Lipinski definition) is 7. The Hall–Kier alpha value is -3.75. The second-order valence-electron chi connectivity index (χ2n) is 9.04. The Morgan fingerprint density at radius 2 is 2.00 bits per heavy atom. The minimum atomic E-state index is 0.175. The molecule has 168 valence electrons. The van der Waals surface area contributed by atoms with Crippen LogP contribution in [0.25, 0.3) is 33.1 Å². The van der Waals surface area contributed by atoms with Crippen LogP contribution in [-0.2, 0) is 4.79 Å². The molecule has 9 nitrogen and oxygen atoms in total. The van der Waals surface area contributed by atoms with Gasteiger partial charge in [-0.25, -0.2) is 0 Å². The van der Waals surface area contributed by atoms with E-state index >= 15 is 0 Å². The zero-order valence-corrected chi connectivity index (χ0v) is 18.6. The number of ether oxygens (including phenoxy) is 1. The van der Waals surface area contributed by atoms with Crippen molar-refractivity contribution in [3.8, 4) is 17.0 Å². The van der Waals surface area contributed by atoms with Gasteiger partial charge in [0, 0.05) is 43.2 Å². The number of anilines is 1. The van der Waals surface area contributed by atoms with E-state index in [1.165, 1.54) is 0 Å². The minimum absolute atomic E-state index is 0.175. The molecule has 1 aliphatic heterocycles. The SMILES string of the molecule is COc1nc(N[C@H]2C[C@@H]3CN(C(C)=O)C[C@@H]3C2)nc2[nH]cc(-c3ccc4nnccc4c3)c12. The van der Waals surface area contributed by atoms with E-state index in [9.17, 15) is 4.79 Å². The maximum atomic E-state index is 11.7. The Balaban J connectivity index is 1.28. The molecule has 4 heterocycles. The summed E-state index contributed by atoms with van der Waals surface area (Å²) >= 11 is 0. The monoisotopic (exact) mass is 443 g/mol. The maximum Gasteiger partial charge on any atom is 0.228 e. The molecule has 0 unspecified atom stereocenters. The van der Waals surface area contributed by atoms with E-state index in [1.54, 1.807) is 20.2 Å². The summed E-state index contributed by atoms with van der Waals surface area (Å²) in [5, 5.41) is 13.5. The first-order valence-electron chi connectivity index (χ1n) is 11.3. The summed E-state index contributed by atoms with van der Waals surface area (Å²) in [6.45, 7) is 3.38. The first-order chi connectivity index (χ1) is 16.1. The van der Waals surface area contributed by atoms with Gasteiger partial charge in [-0.2, -0.15) is 20.2 Å². The highest BCUT2D eigenvalue weighted by Gasteiger charge is 2.41. The van der Waals surface area contributed by atoms with E-state index < -0.39 is 0 Å². The van der Waals surface area contributed by atoms with Gasteiger partial charge in [0.25, 0.3) is 0 Å². The lowest BCUT2D eigenvalue weighted by molar-refractivity contribution is -0.128. The molecule has 1 aliphatic carbocycles. The molecular weight excluding hydrogens is 418 g/mol. The van der Waals surface area contributed by atoms with Crippen molar-refractivity contribution in [2.24, 2.45) is 11.8 Å². The van der Waals surface area contributed by atoms with Crippen molar-refractivity contribution in [3.05, 3.63) is 36.7 Å². The third kappa shape index (κ3) is 3.44. The fraction of sp³-hybridized carbons (Fsp3) is 0.375. The summed E-state index contributed by atoms with van der Waals surface area (Å²) in [5.41, 5.74) is 3.59. The van der Waals surface area contributed by atoms with Gasteiger partial charge < -0.3 is 19.9 Å². The third-order valence-electron chi connectivity index (χ3n) is 7.05. The van der Waals surface area contributed by atoms with Crippen LogP contribution in [0.3, 0.4) is 0 Å². The number of carbonyl (C=O) groups excluding carboxylic acids is 1. The topological polar surface area (TPSA) is 109 Å². The standard InChI is InChI=1S/C24H25N7O2/c1-13(32)31-11-16-8-18(9-17(16)12-31)27-24-28-22-21(23(29-24)33-2)19(10-25-22)14-3-4-20-15(7-14)5-6-26-30-20/h3-7,10,16-18H,8-9,11-12H2,1-2H3,(H2,25,27,28,29)/t16-,17+,18+. The van der Waals surface area contributed by atoms with Crippen molar-refractivity contribution in [1.29, 1.82) is 0 Å². The Labute approximate surface area is 190 Å². The number of methoxy groups -OCH3 is 1. The summed E-state index contributed by atoms with van der Waals surface area (Å²) in [7, 11) is 1.63. The molecule has 0 bridgehead atoms. The Morgan fingerprint density at radius 1 is 1.18 bits per heavy atom. The van der Waals surface area contributed by atoms with Crippen LogP contribution in [0.2, 0.25) is 0 Å². The second-order valence-corrected chi connectivity index (χ2v) is 9.04. The predicted octanol–water partition coefficient (Wildman–Crippen LogP) is 3.25. The van der Waals surface area contributed by atoms with Crippen molar-refractivity contribution in [2.75, 3.05) is 25.5 Å². The van der Waals surface area contributed by atoms with Gasteiger partial charge in [-0.15, -0.1) is 0 Å². The van der Waals surface area contributed by atoms with E-state index in [0.29, 0.717) is 29.7 Å². The lowest BCUT2D eigenvalue weighted by Gasteiger charge is -2.18. The van der Waals surface area contributed by atoms with Crippen molar-refractivity contribution in [1.82, 2.24) is 30.0 Å². The van der Waals surface area contributed by atoms with Gasteiger partial charge in [-0.05, 0) is 48.4 Å². The highest BCUT2D eigenvalue weighted by Crippen LogP contribution is 2.40. The van der Waals surface area contributed by atoms with E-state index in [2.05, 4.69) is 31.5 Å². The molecule has 2 N–H and O–H groups in total. The largest absolute Gasteiger partial charge is 0.480 e. The van der Waals surface area contributed by atoms with Gasteiger partial charge in [-0.3, -0.25) is 4.79 Å². The van der Waals surface area contributed by atoms with Crippen molar-refractivity contribution >= 4 is 33.8 Å². The third-order valence-corrected chi connectivity index (χ3v) is 7.05.